The second-order valence-corrected chi connectivity index (χ2v) is 8.50. The lowest BCUT2D eigenvalue weighted by Gasteiger charge is -2.25. The molecule has 2 rings (SSSR count). The Balaban J connectivity index is 2.38. The molecule has 0 saturated carbocycles. The number of hydrogen-bond acceptors (Lipinski definition) is 5. The van der Waals surface area contributed by atoms with Crippen LogP contribution in [0.5, 0.6) is 0 Å². The Kier molecular flexibility index (Phi) is 6.15. The Bertz CT molecular complexity index is 1020. The van der Waals surface area contributed by atoms with Gasteiger partial charge in [0.2, 0.25) is 10.0 Å². The normalized spacial score (nSPS) is 12.6. The van der Waals surface area contributed by atoms with E-state index >= 15 is 0 Å². The lowest BCUT2D eigenvalue weighted by molar-refractivity contribution is -0.384. The van der Waals surface area contributed by atoms with Gasteiger partial charge in [-0.05, 0) is 30.7 Å². The number of nitrogens with zero attached hydrogens (tertiary/aromatic N) is 3. The van der Waals surface area contributed by atoms with Crippen molar-refractivity contribution in [2.24, 2.45) is 0 Å². The number of halogens is 1. The van der Waals surface area contributed by atoms with Gasteiger partial charge in [-0.2, -0.15) is 0 Å². The van der Waals surface area contributed by atoms with Crippen molar-refractivity contribution in [2.45, 2.75) is 17.9 Å². The molecule has 0 aliphatic heterocycles. The Morgan fingerprint density at radius 1 is 1.14 bits per heavy atom. The van der Waals surface area contributed by atoms with Gasteiger partial charge in [0.25, 0.3) is 11.6 Å². The fraction of sp³-hybridized carbons (Fsp3) is 0.278. The lowest BCUT2D eigenvalue weighted by Crippen LogP contribution is -2.30. The number of carbonyl (C=O) groups excluding carboxylic acids is 1. The molecular weight excluding hydrogens is 389 g/mol. The molecule has 28 heavy (non-hydrogen) atoms. The summed E-state index contributed by atoms with van der Waals surface area (Å²) in [6, 6.07) is 8.45. The third-order valence-electron chi connectivity index (χ3n) is 4.40. The molecule has 2 aromatic rings. The molecule has 0 radical (unpaired) electrons. The van der Waals surface area contributed by atoms with Crippen molar-refractivity contribution in [1.29, 1.82) is 0 Å². The number of sulfonamides is 1. The molecule has 1 atom stereocenters. The smallest absolute Gasteiger partial charge is 0.269 e. The number of hydrogen-bond donors (Lipinski definition) is 0. The van der Waals surface area contributed by atoms with Crippen LogP contribution in [-0.4, -0.2) is 49.6 Å². The summed E-state index contributed by atoms with van der Waals surface area (Å²) in [5, 5.41) is 10.9. The zero-order valence-corrected chi connectivity index (χ0v) is 16.6. The lowest BCUT2D eigenvalue weighted by atomic mass is 10.1. The molecule has 0 aliphatic carbocycles. The van der Waals surface area contributed by atoms with E-state index in [1.807, 2.05) is 0 Å². The van der Waals surface area contributed by atoms with Gasteiger partial charge in [0.1, 0.15) is 10.7 Å². The van der Waals surface area contributed by atoms with Crippen molar-refractivity contribution in [3.05, 3.63) is 69.5 Å². The van der Waals surface area contributed by atoms with Gasteiger partial charge in [-0.25, -0.2) is 17.1 Å². The first-order valence-electron chi connectivity index (χ1n) is 8.20. The van der Waals surface area contributed by atoms with Crippen LogP contribution >= 0.6 is 0 Å². The fourth-order valence-electron chi connectivity index (χ4n) is 2.53. The highest BCUT2D eigenvalue weighted by molar-refractivity contribution is 7.89. The van der Waals surface area contributed by atoms with E-state index in [1.165, 1.54) is 50.3 Å². The van der Waals surface area contributed by atoms with Gasteiger partial charge >= 0.3 is 0 Å². The van der Waals surface area contributed by atoms with E-state index in [4.69, 9.17) is 0 Å². The van der Waals surface area contributed by atoms with Gasteiger partial charge in [0.15, 0.2) is 0 Å². The molecule has 1 unspecified atom stereocenters. The van der Waals surface area contributed by atoms with Crippen molar-refractivity contribution in [3.8, 4) is 0 Å². The summed E-state index contributed by atoms with van der Waals surface area (Å²) >= 11 is 0. The van der Waals surface area contributed by atoms with E-state index in [0.717, 1.165) is 16.4 Å². The first-order chi connectivity index (χ1) is 13.0. The standard InChI is InChI=1S/C18H20FN3O5S/c1-12(13-6-5-7-15(10-13)22(24)25)21(4)18(23)14-8-9-16(19)17(11-14)28(26,27)20(2)3/h5-12H,1-4H3. The number of carbonyl (C=O) groups is 1. The van der Waals surface area contributed by atoms with Crippen molar-refractivity contribution in [2.75, 3.05) is 21.1 Å². The second-order valence-electron chi connectivity index (χ2n) is 6.38. The molecule has 8 nitrogen and oxygen atoms in total. The van der Waals surface area contributed by atoms with Crippen LogP contribution in [0.25, 0.3) is 0 Å². The summed E-state index contributed by atoms with van der Waals surface area (Å²) in [6.45, 7) is 1.68. The first kappa shape index (κ1) is 21.5. The van der Waals surface area contributed by atoms with Crippen LogP contribution in [0.15, 0.2) is 47.4 Å². The van der Waals surface area contributed by atoms with E-state index in [-0.39, 0.29) is 11.3 Å². The van der Waals surface area contributed by atoms with Crippen molar-refractivity contribution in [1.82, 2.24) is 9.21 Å². The van der Waals surface area contributed by atoms with Crippen LogP contribution in [0, 0.1) is 15.9 Å². The molecule has 150 valence electrons. The largest absolute Gasteiger partial charge is 0.335 e. The molecule has 0 aromatic heterocycles. The first-order valence-corrected chi connectivity index (χ1v) is 9.64. The molecule has 10 heteroatoms. The highest BCUT2D eigenvalue weighted by Crippen LogP contribution is 2.26. The molecule has 0 bridgehead atoms. The molecular formula is C18H20FN3O5S. The second kappa shape index (κ2) is 8.03. The summed E-state index contributed by atoms with van der Waals surface area (Å²) in [4.78, 5) is 23.9. The van der Waals surface area contributed by atoms with Crippen LogP contribution in [0.3, 0.4) is 0 Å². The van der Waals surface area contributed by atoms with Gasteiger partial charge in [0.05, 0.1) is 11.0 Å². The minimum absolute atomic E-state index is 0.0124. The molecule has 0 aliphatic rings. The third kappa shape index (κ3) is 4.18. The van der Waals surface area contributed by atoms with Gasteiger partial charge in [-0.1, -0.05) is 12.1 Å². The molecule has 2 aromatic carbocycles. The maximum absolute atomic E-state index is 14.0. The van der Waals surface area contributed by atoms with E-state index < -0.39 is 37.6 Å². The van der Waals surface area contributed by atoms with Crippen LogP contribution < -0.4 is 0 Å². The van der Waals surface area contributed by atoms with Gasteiger partial charge in [-0.15, -0.1) is 0 Å². The van der Waals surface area contributed by atoms with Crippen LogP contribution in [0.4, 0.5) is 10.1 Å². The maximum atomic E-state index is 14.0. The number of amides is 1. The highest BCUT2D eigenvalue weighted by Gasteiger charge is 2.26. The van der Waals surface area contributed by atoms with E-state index in [9.17, 15) is 27.7 Å². The van der Waals surface area contributed by atoms with Crippen molar-refractivity contribution in [3.63, 3.8) is 0 Å². The molecule has 1 amide bonds. The number of non-ortho nitro benzene ring substituents is 1. The van der Waals surface area contributed by atoms with Crippen molar-refractivity contribution < 1.29 is 22.5 Å². The summed E-state index contributed by atoms with van der Waals surface area (Å²) in [5.74, 6) is -1.51. The van der Waals surface area contributed by atoms with Gasteiger partial charge in [-0.3, -0.25) is 14.9 Å². The average molecular weight is 409 g/mol. The molecule has 0 fully saturated rings. The number of nitro groups is 1. The van der Waals surface area contributed by atoms with E-state index in [0.29, 0.717) is 5.56 Å². The minimum Gasteiger partial charge on any atom is -0.335 e. The molecule has 0 N–H and O–H groups in total. The fourth-order valence-corrected chi connectivity index (χ4v) is 3.52. The Hall–Kier alpha value is -2.85. The molecule has 0 heterocycles. The van der Waals surface area contributed by atoms with Crippen LogP contribution in [0.2, 0.25) is 0 Å². The number of rotatable bonds is 6. The number of nitro benzene ring substituents is 1. The topological polar surface area (TPSA) is 101 Å². The quantitative estimate of drug-likeness (QED) is 0.539. The van der Waals surface area contributed by atoms with Crippen LogP contribution in [0.1, 0.15) is 28.9 Å². The maximum Gasteiger partial charge on any atom is 0.269 e. The SMILES string of the molecule is CC(c1cccc([N+](=O)[O-])c1)N(C)C(=O)c1ccc(F)c(S(=O)(=O)N(C)C)c1. The molecule has 0 saturated heterocycles. The predicted octanol–water partition coefficient (Wildman–Crippen LogP) is 2.82. The van der Waals surface area contributed by atoms with Gasteiger partial charge < -0.3 is 4.90 Å². The number of benzene rings is 2. The highest BCUT2D eigenvalue weighted by atomic mass is 32.2. The minimum atomic E-state index is -4.06. The Labute approximate surface area is 162 Å². The zero-order valence-electron chi connectivity index (χ0n) is 15.8. The third-order valence-corrected chi connectivity index (χ3v) is 6.23. The van der Waals surface area contributed by atoms with Crippen LogP contribution in [-0.2, 0) is 10.0 Å². The van der Waals surface area contributed by atoms with E-state index in [1.54, 1.807) is 13.0 Å². The summed E-state index contributed by atoms with van der Waals surface area (Å²) in [5.41, 5.74) is 0.418. The zero-order chi connectivity index (χ0) is 21.2. The monoisotopic (exact) mass is 409 g/mol. The Morgan fingerprint density at radius 3 is 2.36 bits per heavy atom. The predicted molar refractivity (Wildman–Crippen MR) is 101 cm³/mol. The summed E-state index contributed by atoms with van der Waals surface area (Å²) < 4.78 is 39.4. The Morgan fingerprint density at radius 2 is 1.79 bits per heavy atom. The van der Waals surface area contributed by atoms with Crippen molar-refractivity contribution >= 4 is 21.6 Å². The average Bonchev–Trinajstić information content (AvgIpc) is 2.66. The summed E-state index contributed by atoms with van der Waals surface area (Å²) in [6.07, 6.45) is 0. The van der Waals surface area contributed by atoms with E-state index in [2.05, 4.69) is 0 Å². The van der Waals surface area contributed by atoms with Gasteiger partial charge in [0, 0.05) is 38.8 Å². The molecule has 0 spiro atoms. The summed E-state index contributed by atoms with van der Waals surface area (Å²) in [7, 11) is -0.0554.